The quantitative estimate of drug-likeness (QED) is 0.304. The standard InChI is InChI=1S/C26H29F5O/c1-3-17-4-8-19(9-5-17)20-12-14-22(15-13-20)25(28)24(27)21-10-6-18(7-11-21)16-23(32-2)26(29,30)31/h6-7,10-15,17,19,23H,3-5,8-9,16H2,1-2H3/b25-24-. The fourth-order valence-electron chi connectivity index (χ4n) is 4.39. The molecule has 1 aliphatic rings. The normalized spacial score (nSPS) is 21.2. The van der Waals surface area contributed by atoms with E-state index >= 15 is 0 Å². The van der Waals surface area contributed by atoms with Crippen molar-refractivity contribution in [2.45, 2.75) is 63.6 Å². The maximum Gasteiger partial charge on any atom is 0.414 e. The molecule has 2 aromatic rings. The SMILES string of the molecule is CCC1CCC(c2ccc(/C(F)=C(/F)c3ccc(CC(OC)C(F)(F)F)cc3)cc2)CC1. The van der Waals surface area contributed by atoms with E-state index < -0.39 is 30.4 Å². The van der Waals surface area contributed by atoms with Crippen LogP contribution in [0.25, 0.3) is 11.7 Å². The summed E-state index contributed by atoms with van der Waals surface area (Å²) in [6.07, 6.45) is -0.976. The van der Waals surface area contributed by atoms with Crippen LogP contribution >= 0.6 is 0 Å². The smallest absolute Gasteiger partial charge is 0.372 e. The summed E-state index contributed by atoms with van der Waals surface area (Å²) in [4.78, 5) is 0. The Morgan fingerprint density at radius 2 is 1.38 bits per heavy atom. The first-order valence-corrected chi connectivity index (χ1v) is 11.1. The summed E-state index contributed by atoms with van der Waals surface area (Å²) in [6.45, 7) is 2.22. The fraction of sp³-hybridized carbons (Fsp3) is 0.462. The van der Waals surface area contributed by atoms with Crippen molar-refractivity contribution >= 4 is 11.7 Å². The molecule has 0 bridgehead atoms. The van der Waals surface area contributed by atoms with Gasteiger partial charge in [0.25, 0.3) is 0 Å². The van der Waals surface area contributed by atoms with E-state index in [4.69, 9.17) is 0 Å². The molecule has 0 aromatic heterocycles. The fourth-order valence-corrected chi connectivity index (χ4v) is 4.39. The number of hydrogen-bond acceptors (Lipinski definition) is 1. The van der Waals surface area contributed by atoms with Crippen molar-refractivity contribution in [3.05, 3.63) is 70.8 Å². The number of ether oxygens (including phenoxy) is 1. The molecule has 174 valence electrons. The highest BCUT2D eigenvalue weighted by Gasteiger charge is 2.39. The molecular formula is C26H29F5O. The molecule has 0 radical (unpaired) electrons. The van der Waals surface area contributed by atoms with Gasteiger partial charge in [-0.15, -0.1) is 0 Å². The van der Waals surface area contributed by atoms with Crippen LogP contribution < -0.4 is 0 Å². The molecule has 1 atom stereocenters. The van der Waals surface area contributed by atoms with E-state index in [0.29, 0.717) is 11.5 Å². The average Bonchev–Trinajstić information content (AvgIpc) is 2.81. The van der Waals surface area contributed by atoms with Crippen molar-refractivity contribution in [2.75, 3.05) is 7.11 Å². The van der Waals surface area contributed by atoms with E-state index in [-0.39, 0.29) is 11.1 Å². The largest absolute Gasteiger partial charge is 0.414 e. The molecule has 0 aliphatic heterocycles. The number of methoxy groups -OCH3 is 1. The molecule has 32 heavy (non-hydrogen) atoms. The molecule has 0 amide bonds. The summed E-state index contributed by atoms with van der Waals surface area (Å²) in [5, 5.41) is 0. The Morgan fingerprint density at radius 1 is 0.875 bits per heavy atom. The number of halogens is 5. The first-order valence-electron chi connectivity index (χ1n) is 11.1. The second-order valence-electron chi connectivity index (χ2n) is 8.54. The van der Waals surface area contributed by atoms with Crippen LogP contribution in [0.2, 0.25) is 0 Å². The van der Waals surface area contributed by atoms with Gasteiger partial charge >= 0.3 is 6.18 Å². The molecule has 6 heteroatoms. The second kappa shape index (κ2) is 10.6. The Kier molecular flexibility index (Phi) is 8.10. The summed E-state index contributed by atoms with van der Waals surface area (Å²) in [5.74, 6) is -0.764. The van der Waals surface area contributed by atoms with Gasteiger partial charge in [-0.2, -0.15) is 13.2 Å². The lowest BCUT2D eigenvalue weighted by atomic mass is 9.78. The summed E-state index contributed by atoms with van der Waals surface area (Å²) < 4.78 is 72.5. The minimum atomic E-state index is -4.49. The molecule has 1 nitrogen and oxygen atoms in total. The Bertz CT molecular complexity index is 891. The number of rotatable bonds is 7. The van der Waals surface area contributed by atoms with Crippen molar-refractivity contribution in [1.29, 1.82) is 0 Å². The van der Waals surface area contributed by atoms with Gasteiger partial charge < -0.3 is 4.74 Å². The summed E-state index contributed by atoms with van der Waals surface area (Å²) in [6, 6.07) is 12.2. The molecule has 1 saturated carbocycles. The van der Waals surface area contributed by atoms with E-state index in [1.54, 1.807) is 12.1 Å². The van der Waals surface area contributed by atoms with Gasteiger partial charge in [0.2, 0.25) is 0 Å². The highest BCUT2D eigenvalue weighted by atomic mass is 19.4. The van der Waals surface area contributed by atoms with Crippen LogP contribution in [0, 0.1) is 5.92 Å². The molecule has 1 aliphatic carbocycles. The third-order valence-electron chi connectivity index (χ3n) is 6.53. The second-order valence-corrected chi connectivity index (χ2v) is 8.54. The lowest BCUT2D eigenvalue weighted by molar-refractivity contribution is -0.212. The third kappa shape index (κ3) is 5.97. The zero-order valence-electron chi connectivity index (χ0n) is 18.4. The highest BCUT2D eigenvalue weighted by molar-refractivity contribution is 5.83. The minimum absolute atomic E-state index is 0.0193. The number of alkyl halides is 3. The van der Waals surface area contributed by atoms with Gasteiger partial charge in [-0.05, 0) is 48.6 Å². The van der Waals surface area contributed by atoms with E-state index in [0.717, 1.165) is 31.4 Å². The van der Waals surface area contributed by atoms with E-state index in [9.17, 15) is 22.0 Å². The lowest BCUT2D eigenvalue weighted by Crippen LogP contribution is -2.32. The van der Waals surface area contributed by atoms with E-state index in [1.807, 2.05) is 12.1 Å². The summed E-state index contributed by atoms with van der Waals surface area (Å²) >= 11 is 0. The Labute approximate surface area is 186 Å². The van der Waals surface area contributed by atoms with Crippen LogP contribution in [0.4, 0.5) is 22.0 Å². The Morgan fingerprint density at radius 3 is 1.81 bits per heavy atom. The predicted octanol–water partition coefficient (Wildman–Crippen LogP) is 8.26. The van der Waals surface area contributed by atoms with Gasteiger partial charge in [-0.1, -0.05) is 61.9 Å². The number of benzene rings is 2. The van der Waals surface area contributed by atoms with Crippen LogP contribution in [0.1, 0.15) is 67.2 Å². The van der Waals surface area contributed by atoms with Crippen LogP contribution in [-0.2, 0) is 11.2 Å². The monoisotopic (exact) mass is 452 g/mol. The zero-order valence-corrected chi connectivity index (χ0v) is 18.4. The minimum Gasteiger partial charge on any atom is -0.372 e. The van der Waals surface area contributed by atoms with Crippen LogP contribution in [0.3, 0.4) is 0 Å². The molecule has 2 aromatic carbocycles. The molecule has 0 heterocycles. The van der Waals surface area contributed by atoms with Crippen molar-refractivity contribution in [2.24, 2.45) is 5.92 Å². The lowest BCUT2D eigenvalue weighted by Gasteiger charge is -2.28. The van der Waals surface area contributed by atoms with Gasteiger partial charge in [0.15, 0.2) is 17.8 Å². The van der Waals surface area contributed by atoms with Gasteiger partial charge in [0, 0.05) is 24.7 Å². The third-order valence-corrected chi connectivity index (χ3v) is 6.53. The molecule has 0 saturated heterocycles. The van der Waals surface area contributed by atoms with Gasteiger partial charge in [0.1, 0.15) is 0 Å². The Hall–Kier alpha value is -2.21. The van der Waals surface area contributed by atoms with Crippen molar-refractivity contribution in [3.63, 3.8) is 0 Å². The maximum atomic E-state index is 14.7. The molecule has 1 fully saturated rings. The molecule has 1 unspecified atom stereocenters. The van der Waals surface area contributed by atoms with Crippen LogP contribution in [0.15, 0.2) is 48.5 Å². The molecular weight excluding hydrogens is 423 g/mol. The highest BCUT2D eigenvalue weighted by Crippen LogP contribution is 2.38. The van der Waals surface area contributed by atoms with Gasteiger partial charge in [-0.3, -0.25) is 0 Å². The first-order chi connectivity index (χ1) is 15.2. The zero-order chi connectivity index (χ0) is 23.3. The molecule has 0 N–H and O–H groups in total. The van der Waals surface area contributed by atoms with Gasteiger partial charge in [-0.25, -0.2) is 8.78 Å². The van der Waals surface area contributed by atoms with Crippen molar-refractivity contribution in [3.8, 4) is 0 Å². The molecule has 3 rings (SSSR count). The average molecular weight is 453 g/mol. The van der Waals surface area contributed by atoms with Crippen molar-refractivity contribution < 1.29 is 26.7 Å². The predicted molar refractivity (Wildman–Crippen MR) is 117 cm³/mol. The summed E-state index contributed by atoms with van der Waals surface area (Å²) in [5.41, 5.74) is 1.61. The van der Waals surface area contributed by atoms with Crippen LogP contribution in [-0.4, -0.2) is 19.4 Å². The molecule has 0 spiro atoms. The van der Waals surface area contributed by atoms with Crippen LogP contribution in [0.5, 0.6) is 0 Å². The summed E-state index contributed by atoms with van der Waals surface area (Å²) in [7, 11) is 0.992. The van der Waals surface area contributed by atoms with Crippen molar-refractivity contribution in [1.82, 2.24) is 0 Å². The van der Waals surface area contributed by atoms with E-state index in [1.165, 1.54) is 43.5 Å². The van der Waals surface area contributed by atoms with E-state index in [2.05, 4.69) is 11.7 Å². The first kappa shape index (κ1) is 24.4. The maximum absolute atomic E-state index is 14.7. The topological polar surface area (TPSA) is 9.23 Å². The van der Waals surface area contributed by atoms with Gasteiger partial charge in [0.05, 0.1) is 0 Å². The Balaban J connectivity index is 1.69. The number of hydrogen-bond donors (Lipinski definition) is 0.